The Morgan fingerprint density at radius 3 is 2.56 bits per heavy atom. The molecule has 1 saturated heterocycles. The molecule has 182 valence electrons. The zero-order valence-electron chi connectivity index (χ0n) is 20.0. The Bertz CT molecular complexity index is 1500. The lowest BCUT2D eigenvalue weighted by Gasteiger charge is -2.34. The first-order valence-electron chi connectivity index (χ1n) is 12.1. The predicted molar refractivity (Wildman–Crippen MR) is 146 cm³/mol. The second-order valence-electron chi connectivity index (χ2n) is 9.37. The van der Waals surface area contributed by atoms with Crippen molar-refractivity contribution in [1.82, 2.24) is 14.5 Å². The highest BCUT2D eigenvalue weighted by Crippen LogP contribution is 2.28. The van der Waals surface area contributed by atoms with Crippen molar-refractivity contribution < 1.29 is 0 Å². The number of alkyl halides is 2. The van der Waals surface area contributed by atoms with Crippen molar-refractivity contribution in [3.8, 4) is 28.6 Å². The monoisotopic (exact) mass is 516 g/mol. The molecular formula is C29H26Cl2N4O. The van der Waals surface area contributed by atoms with Crippen LogP contribution in [0, 0.1) is 24.2 Å². The molecule has 1 aliphatic heterocycles. The molecule has 1 aliphatic rings. The van der Waals surface area contributed by atoms with Gasteiger partial charge in [0.2, 0.25) is 0 Å². The summed E-state index contributed by atoms with van der Waals surface area (Å²) >= 11 is 12.3. The molecule has 1 aromatic heterocycles. The van der Waals surface area contributed by atoms with Crippen LogP contribution in [0.3, 0.4) is 0 Å². The highest BCUT2D eigenvalue weighted by Gasteiger charge is 2.26. The van der Waals surface area contributed by atoms with Crippen LogP contribution in [0.2, 0.25) is 0 Å². The Hall–Kier alpha value is -3.17. The molecule has 0 aliphatic carbocycles. The lowest BCUT2D eigenvalue weighted by molar-refractivity contribution is 0.173. The Labute approximate surface area is 220 Å². The lowest BCUT2D eigenvalue weighted by Crippen LogP contribution is -2.40. The average Bonchev–Trinajstić information content (AvgIpc) is 2.90. The van der Waals surface area contributed by atoms with Gasteiger partial charge in [-0.25, -0.2) is 4.98 Å². The lowest BCUT2D eigenvalue weighted by atomic mass is 9.97. The van der Waals surface area contributed by atoms with Crippen LogP contribution in [0.5, 0.6) is 0 Å². The molecule has 1 fully saturated rings. The van der Waals surface area contributed by atoms with E-state index in [0.29, 0.717) is 28.8 Å². The number of likely N-dealkylation sites (tertiary alicyclic amines) is 1. The summed E-state index contributed by atoms with van der Waals surface area (Å²) in [5, 5.41) is 9.69. The maximum absolute atomic E-state index is 14.0. The third-order valence-corrected chi connectivity index (χ3v) is 7.51. The van der Waals surface area contributed by atoms with Crippen molar-refractivity contribution in [3.63, 3.8) is 0 Å². The summed E-state index contributed by atoms with van der Waals surface area (Å²) in [6, 6.07) is 23.3. The summed E-state index contributed by atoms with van der Waals surface area (Å²) < 4.78 is 1.83. The smallest absolute Gasteiger partial charge is 0.261 e. The Kier molecular flexibility index (Phi) is 7.11. The fraction of sp³-hybridized carbons (Fsp3) is 0.276. The molecule has 0 bridgehead atoms. The minimum atomic E-state index is -0.551. The fourth-order valence-corrected chi connectivity index (χ4v) is 5.37. The highest BCUT2D eigenvalue weighted by molar-refractivity contribution is 6.43. The van der Waals surface area contributed by atoms with Gasteiger partial charge in [-0.2, -0.15) is 5.26 Å². The van der Waals surface area contributed by atoms with Crippen molar-refractivity contribution in [1.29, 1.82) is 5.26 Å². The van der Waals surface area contributed by atoms with E-state index < -0.39 is 4.96 Å². The summed E-state index contributed by atoms with van der Waals surface area (Å²) in [4.78, 5) is 20.5. The standard InChI is InChI=1S/C29H26Cl2N4O/c1-19-5-2-3-7-24(19)27-33-26-13-12-23(22-10-8-20(16-32)9-11-22)15-25(26)28(36)35(27)18-21-6-4-14-34(17-21)29(30)31/h2-3,5,7-13,15,21,29H,4,6,14,17-18H2,1H3. The zero-order chi connectivity index (χ0) is 25.2. The number of aromatic nitrogens is 2. The van der Waals surface area contributed by atoms with Gasteiger partial charge in [0.25, 0.3) is 5.56 Å². The molecule has 1 unspecified atom stereocenters. The van der Waals surface area contributed by atoms with E-state index >= 15 is 0 Å². The van der Waals surface area contributed by atoms with Crippen LogP contribution in [0.4, 0.5) is 0 Å². The number of rotatable bonds is 5. The van der Waals surface area contributed by atoms with E-state index in [-0.39, 0.29) is 11.5 Å². The molecule has 2 heterocycles. The Morgan fingerprint density at radius 2 is 1.83 bits per heavy atom. The normalized spacial score (nSPS) is 16.4. The third kappa shape index (κ3) is 4.90. The molecule has 36 heavy (non-hydrogen) atoms. The van der Waals surface area contributed by atoms with Gasteiger partial charge in [0.05, 0.1) is 22.5 Å². The van der Waals surface area contributed by atoms with E-state index in [1.54, 1.807) is 12.1 Å². The van der Waals surface area contributed by atoms with Crippen LogP contribution in [0.1, 0.15) is 24.0 Å². The largest absolute Gasteiger partial charge is 0.292 e. The van der Waals surface area contributed by atoms with Crippen LogP contribution >= 0.6 is 23.2 Å². The molecule has 3 aromatic carbocycles. The van der Waals surface area contributed by atoms with Gasteiger partial charge in [0.1, 0.15) is 5.82 Å². The van der Waals surface area contributed by atoms with Crippen molar-refractivity contribution in [2.24, 2.45) is 5.92 Å². The molecule has 0 radical (unpaired) electrons. The number of piperidine rings is 1. The Morgan fingerprint density at radius 1 is 1.08 bits per heavy atom. The van der Waals surface area contributed by atoms with E-state index in [9.17, 15) is 4.79 Å². The quantitative estimate of drug-likeness (QED) is 0.228. The van der Waals surface area contributed by atoms with Crippen LogP contribution in [0.15, 0.2) is 71.5 Å². The summed E-state index contributed by atoms with van der Waals surface area (Å²) in [6.45, 7) is 4.18. The second kappa shape index (κ2) is 10.4. The fourth-order valence-electron chi connectivity index (χ4n) is 5.02. The maximum Gasteiger partial charge on any atom is 0.261 e. The van der Waals surface area contributed by atoms with Gasteiger partial charge in [-0.15, -0.1) is 0 Å². The van der Waals surface area contributed by atoms with Crippen LogP contribution in [0.25, 0.3) is 33.4 Å². The number of hydrogen-bond acceptors (Lipinski definition) is 4. The van der Waals surface area contributed by atoms with Gasteiger partial charge in [-0.1, -0.05) is 65.7 Å². The van der Waals surface area contributed by atoms with Gasteiger partial charge in [0.15, 0.2) is 4.96 Å². The minimum Gasteiger partial charge on any atom is -0.292 e. The van der Waals surface area contributed by atoms with E-state index in [1.165, 1.54) is 0 Å². The van der Waals surface area contributed by atoms with Crippen LogP contribution in [-0.4, -0.2) is 32.5 Å². The first-order chi connectivity index (χ1) is 17.4. The van der Waals surface area contributed by atoms with E-state index in [1.807, 2.05) is 71.0 Å². The summed E-state index contributed by atoms with van der Waals surface area (Å²) in [5.41, 5.74) is 5.09. The molecule has 0 N–H and O–H groups in total. The molecule has 7 heteroatoms. The van der Waals surface area contributed by atoms with Crippen LogP contribution in [-0.2, 0) is 6.54 Å². The first-order valence-corrected chi connectivity index (χ1v) is 12.9. The van der Waals surface area contributed by atoms with E-state index in [2.05, 4.69) is 6.07 Å². The number of nitrogens with zero attached hydrogens (tertiary/aromatic N) is 4. The molecule has 5 nitrogen and oxygen atoms in total. The average molecular weight is 517 g/mol. The van der Waals surface area contributed by atoms with Crippen molar-refractivity contribution in [3.05, 3.63) is 88.2 Å². The third-order valence-electron chi connectivity index (χ3n) is 6.95. The molecule has 4 aromatic rings. The molecule has 5 rings (SSSR count). The highest BCUT2D eigenvalue weighted by atomic mass is 35.5. The SMILES string of the molecule is Cc1ccccc1-c1nc2ccc(-c3ccc(C#N)cc3)cc2c(=O)n1CC1CCCN(C(Cl)Cl)C1. The van der Waals surface area contributed by atoms with Crippen LogP contribution < -0.4 is 5.56 Å². The van der Waals surface area contributed by atoms with Gasteiger partial charge in [-0.3, -0.25) is 14.3 Å². The number of fused-ring (bicyclic) bond motifs is 1. The molecule has 1 atom stereocenters. The van der Waals surface area contributed by atoms with Crippen molar-refractivity contribution >= 4 is 34.1 Å². The summed E-state index contributed by atoms with van der Waals surface area (Å²) in [6.07, 6.45) is 1.98. The number of benzene rings is 3. The maximum atomic E-state index is 14.0. The van der Waals surface area contributed by atoms with Crippen molar-refractivity contribution in [2.45, 2.75) is 31.3 Å². The van der Waals surface area contributed by atoms with Gasteiger partial charge < -0.3 is 0 Å². The molecule has 0 spiro atoms. The Balaban J connectivity index is 1.63. The first kappa shape index (κ1) is 24.5. The minimum absolute atomic E-state index is 0.0563. The van der Waals surface area contributed by atoms with Crippen molar-refractivity contribution in [2.75, 3.05) is 13.1 Å². The van der Waals surface area contributed by atoms with E-state index in [0.717, 1.165) is 48.2 Å². The molecular weight excluding hydrogens is 491 g/mol. The number of aryl methyl sites for hydroxylation is 1. The van der Waals surface area contributed by atoms with Gasteiger partial charge >= 0.3 is 0 Å². The molecule has 0 amide bonds. The number of hydrogen-bond donors (Lipinski definition) is 0. The van der Waals surface area contributed by atoms with Gasteiger partial charge in [0, 0.05) is 25.2 Å². The second-order valence-corrected chi connectivity index (χ2v) is 10.4. The molecule has 0 saturated carbocycles. The number of halogens is 2. The summed E-state index contributed by atoms with van der Waals surface area (Å²) in [7, 11) is 0. The van der Waals surface area contributed by atoms with E-state index in [4.69, 9.17) is 33.4 Å². The summed E-state index contributed by atoms with van der Waals surface area (Å²) in [5.74, 6) is 0.919. The topological polar surface area (TPSA) is 61.9 Å². The predicted octanol–water partition coefficient (Wildman–Crippen LogP) is 6.38. The number of nitriles is 1. The zero-order valence-corrected chi connectivity index (χ0v) is 21.5. The van der Waals surface area contributed by atoms with Gasteiger partial charge in [-0.05, 0) is 66.6 Å².